The Morgan fingerprint density at radius 2 is 1.58 bits per heavy atom. The van der Waals surface area contributed by atoms with E-state index in [1.807, 2.05) is 0 Å². The van der Waals surface area contributed by atoms with Gasteiger partial charge < -0.3 is 29.2 Å². The first-order valence-electron chi connectivity index (χ1n) is 8.36. The van der Waals surface area contributed by atoms with Gasteiger partial charge in [-0.2, -0.15) is 0 Å². The van der Waals surface area contributed by atoms with Crippen molar-refractivity contribution in [2.45, 2.75) is 37.0 Å². The number of ether oxygens (including phenoxy) is 4. The quantitative estimate of drug-likeness (QED) is 0.641. The fraction of sp³-hybridized carbons (Fsp3) is 0.400. The molecule has 2 N–H and O–H groups in total. The summed E-state index contributed by atoms with van der Waals surface area (Å²) in [5.74, 6) is 0. The Morgan fingerprint density at radius 3 is 2.12 bits per heavy atom. The zero-order chi connectivity index (χ0) is 19.1. The van der Waals surface area contributed by atoms with Crippen LogP contribution in [0.1, 0.15) is 0 Å². The molecule has 2 fully saturated rings. The number of hydrogen-bond acceptors (Lipinski definition) is 6. The topological polar surface area (TPSA) is 77.4 Å². The molecule has 2 saturated heterocycles. The van der Waals surface area contributed by atoms with Crippen molar-refractivity contribution in [2.24, 2.45) is 0 Å². The molecular weight excluding hydrogens is 336 g/mol. The van der Waals surface area contributed by atoms with Crippen LogP contribution in [0, 0.1) is 0 Å². The molecule has 2 heterocycles. The Hall–Kier alpha value is -1.80. The molecule has 6 atom stereocenters. The highest BCUT2D eigenvalue weighted by atomic mass is 16.8. The van der Waals surface area contributed by atoms with Gasteiger partial charge in [0.25, 0.3) is 0 Å². The third-order valence-corrected chi connectivity index (χ3v) is 4.16. The molecule has 6 nitrogen and oxygen atoms in total. The Bertz CT molecular complexity index is 591. The van der Waals surface area contributed by atoms with E-state index in [0.29, 0.717) is 11.1 Å². The molecular formula is C20H26O6. The molecule has 2 rings (SSSR count). The first-order valence-corrected chi connectivity index (χ1v) is 8.36. The molecule has 0 aromatic heterocycles. The molecule has 0 bridgehead atoms. The predicted octanol–water partition coefficient (Wildman–Crippen LogP) is 1.79. The molecule has 0 radical (unpaired) electrons. The fourth-order valence-corrected chi connectivity index (χ4v) is 2.87. The molecule has 0 aromatic rings. The summed E-state index contributed by atoms with van der Waals surface area (Å²) < 4.78 is 23.5. The summed E-state index contributed by atoms with van der Waals surface area (Å²) >= 11 is 0. The highest BCUT2D eigenvalue weighted by Gasteiger charge is 2.48. The van der Waals surface area contributed by atoms with Crippen molar-refractivity contribution in [3.63, 3.8) is 0 Å². The summed E-state index contributed by atoms with van der Waals surface area (Å²) in [6, 6.07) is 0. The van der Waals surface area contributed by atoms with Crippen molar-refractivity contribution in [1.82, 2.24) is 0 Å². The van der Waals surface area contributed by atoms with Crippen LogP contribution in [0.25, 0.3) is 0 Å². The minimum atomic E-state index is -1.14. The summed E-state index contributed by atoms with van der Waals surface area (Å²) in [6.45, 7) is 14.5. The lowest BCUT2D eigenvalue weighted by Gasteiger charge is -2.47. The van der Waals surface area contributed by atoms with Crippen LogP contribution in [0.15, 0.2) is 73.9 Å². The van der Waals surface area contributed by atoms with E-state index in [2.05, 4.69) is 26.3 Å². The second-order valence-corrected chi connectivity index (χ2v) is 5.84. The van der Waals surface area contributed by atoms with Gasteiger partial charge in [-0.1, -0.05) is 62.8 Å². The number of aliphatic hydroxyl groups is 2. The van der Waals surface area contributed by atoms with Crippen molar-refractivity contribution in [1.29, 1.82) is 0 Å². The van der Waals surface area contributed by atoms with Gasteiger partial charge in [0.05, 0.1) is 13.2 Å². The van der Waals surface area contributed by atoms with Crippen molar-refractivity contribution in [2.75, 3.05) is 13.2 Å². The summed E-state index contributed by atoms with van der Waals surface area (Å²) in [5, 5.41) is 19.7. The van der Waals surface area contributed by atoms with E-state index in [9.17, 15) is 10.2 Å². The molecule has 2 aliphatic rings. The third kappa shape index (κ3) is 4.48. The van der Waals surface area contributed by atoms with E-state index in [1.54, 1.807) is 36.5 Å². The maximum absolute atomic E-state index is 10.2. The summed E-state index contributed by atoms with van der Waals surface area (Å²) in [7, 11) is 0. The van der Waals surface area contributed by atoms with Crippen LogP contribution in [0.4, 0.5) is 0 Å². The number of allylic oxidation sites excluding steroid dienone is 4. The van der Waals surface area contributed by atoms with Crippen molar-refractivity contribution in [3.05, 3.63) is 73.9 Å². The molecule has 0 spiro atoms. The standard InChI is InChI=1S/C20H26O6/c1-5-9-13(7-3)19-23-12-16-18(26-19)17(15(22)11-21)25-20(24-16)14(8-4)10-6-2/h5-10,15-22H,1-4,11-12H2/b13-9+,14-10+. The van der Waals surface area contributed by atoms with Crippen LogP contribution in [-0.4, -0.2) is 60.4 Å². The van der Waals surface area contributed by atoms with Crippen LogP contribution in [0.3, 0.4) is 0 Å². The van der Waals surface area contributed by atoms with E-state index in [1.165, 1.54) is 0 Å². The second kappa shape index (κ2) is 9.78. The van der Waals surface area contributed by atoms with Gasteiger partial charge in [-0.3, -0.25) is 0 Å². The Labute approximate surface area is 154 Å². The van der Waals surface area contributed by atoms with Gasteiger partial charge in [0.1, 0.15) is 24.4 Å². The van der Waals surface area contributed by atoms with E-state index in [-0.39, 0.29) is 6.61 Å². The maximum atomic E-state index is 10.2. The summed E-state index contributed by atoms with van der Waals surface area (Å²) in [5.41, 5.74) is 1.34. The van der Waals surface area contributed by atoms with Crippen LogP contribution < -0.4 is 0 Å². The molecule has 0 saturated carbocycles. The normalized spacial score (nSPS) is 33.7. The Kier molecular flexibility index (Phi) is 7.71. The van der Waals surface area contributed by atoms with Crippen molar-refractivity contribution in [3.8, 4) is 0 Å². The van der Waals surface area contributed by atoms with Gasteiger partial charge in [0.15, 0.2) is 12.6 Å². The highest BCUT2D eigenvalue weighted by molar-refractivity contribution is 5.25. The first kappa shape index (κ1) is 20.5. The van der Waals surface area contributed by atoms with Gasteiger partial charge in [0, 0.05) is 11.1 Å². The molecule has 0 amide bonds. The summed E-state index contributed by atoms with van der Waals surface area (Å²) in [4.78, 5) is 0. The number of aliphatic hydroxyl groups excluding tert-OH is 2. The lowest BCUT2D eigenvalue weighted by atomic mass is 9.99. The van der Waals surface area contributed by atoms with E-state index in [4.69, 9.17) is 18.9 Å². The van der Waals surface area contributed by atoms with E-state index < -0.39 is 43.6 Å². The zero-order valence-electron chi connectivity index (χ0n) is 14.7. The zero-order valence-corrected chi connectivity index (χ0v) is 14.7. The van der Waals surface area contributed by atoms with Gasteiger partial charge in [-0.05, 0) is 0 Å². The smallest absolute Gasteiger partial charge is 0.184 e. The molecule has 6 unspecified atom stereocenters. The average Bonchev–Trinajstić information content (AvgIpc) is 2.68. The fourth-order valence-electron chi connectivity index (χ4n) is 2.87. The monoisotopic (exact) mass is 362 g/mol. The van der Waals surface area contributed by atoms with Crippen LogP contribution in [-0.2, 0) is 18.9 Å². The summed E-state index contributed by atoms with van der Waals surface area (Å²) in [6.07, 6.45) is 5.30. The van der Waals surface area contributed by atoms with Crippen molar-refractivity contribution >= 4 is 0 Å². The van der Waals surface area contributed by atoms with Gasteiger partial charge in [-0.25, -0.2) is 0 Å². The molecule has 142 valence electrons. The average molecular weight is 362 g/mol. The molecule has 26 heavy (non-hydrogen) atoms. The van der Waals surface area contributed by atoms with Crippen LogP contribution in [0.2, 0.25) is 0 Å². The van der Waals surface area contributed by atoms with Crippen LogP contribution in [0.5, 0.6) is 0 Å². The third-order valence-electron chi connectivity index (χ3n) is 4.16. The van der Waals surface area contributed by atoms with Gasteiger partial charge in [0.2, 0.25) is 0 Å². The predicted molar refractivity (Wildman–Crippen MR) is 98.2 cm³/mol. The first-order chi connectivity index (χ1) is 12.6. The Balaban J connectivity index is 2.25. The maximum Gasteiger partial charge on any atom is 0.184 e. The SMILES string of the molecule is C=C/C=C(\C=C)C1OC2COC(/C(C=C)=C/C=C)OC2C(C(O)CO)O1. The number of rotatable bonds is 8. The molecule has 6 heteroatoms. The lowest BCUT2D eigenvalue weighted by molar-refractivity contribution is -0.352. The number of fused-ring (bicyclic) bond motifs is 1. The minimum absolute atomic E-state index is 0.227. The van der Waals surface area contributed by atoms with Gasteiger partial charge in [-0.15, -0.1) is 0 Å². The molecule has 0 aliphatic carbocycles. The van der Waals surface area contributed by atoms with E-state index in [0.717, 1.165) is 0 Å². The second-order valence-electron chi connectivity index (χ2n) is 5.84. The highest BCUT2D eigenvalue weighted by Crippen LogP contribution is 2.33. The molecule has 2 aliphatic heterocycles. The number of hydrogen-bond donors (Lipinski definition) is 2. The molecule has 0 aromatic carbocycles. The van der Waals surface area contributed by atoms with Gasteiger partial charge >= 0.3 is 0 Å². The van der Waals surface area contributed by atoms with Crippen LogP contribution >= 0.6 is 0 Å². The minimum Gasteiger partial charge on any atom is -0.394 e. The van der Waals surface area contributed by atoms with Crippen molar-refractivity contribution < 1.29 is 29.2 Å². The van der Waals surface area contributed by atoms with E-state index >= 15 is 0 Å². The largest absolute Gasteiger partial charge is 0.394 e. The Morgan fingerprint density at radius 1 is 0.962 bits per heavy atom. The lowest BCUT2D eigenvalue weighted by Crippen LogP contribution is -2.61.